The first-order valence-corrected chi connectivity index (χ1v) is 8.61. The topological polar surface area (TPSA) is 71.1 Å². The Labute approximate surface area is 114 Å². The number of aromatic nitrogens is 1. The summed E-state index contributed by atoms with van der Waals surface area (Å²) in [5, 5.41) is 3.32. The lowest BCUT2D eigenvalue weighted by atomic mass is 10.1. The largest absolute Gasteiger partial charge is 0.370 e. The molecule has 1 aromatic heterocycles. The maximum Gasteiger partial charge on any atom is 0.208 e. The highest BCUT2D eigenvalue weighted by Gasteiger charge is 2.10. The van der Waals surface area contributed by atoms with Gasteiger partial charge in [0, 0.05) is 18.8 Å². The van der Waals surface area contributed by atoms with E-state index in [-0.39, 0.29) is 0 Å². The van der Waals surface area contributed by atoms with Crippen LogP contribution < -0.4 is 10.0 Å². The van der Waals surface area contributed by atoms with E-state index >= 15 is 0 Å². The smallest absolute Gasteiger partial charge is 0.208 e. The van der Waals surface area contributed by atoms with Gasteiger partial charge in [0.05, 0.1) is 6.26 Å². The molecule has 0 fully saturated rings. The van der Waals surface area contributed by atoms with Crippen molar-refractivity contribution in [1.29, 1.82) is 0 Å². The second-order valence-corrected chi connectivity index (χ2v) is 6.80. The summed E-state index contributed by atoms with van der Waals surface area (Å²) in [5.41, 5.74) is 2.38. The summed E-state index contributed by atoms with van der Waals surface area (Å²) in [7, 11) is -3.06. The second kappa shape index (κ2) is 6.34. The standard InChI is InChI=1S/C13H21N3O2S/c1-19(17,18)15-10-3-2-6-12-8-7-11-5-4-9-14-13(11)16-12/h7-8,15H,2-6,9-10H2,1H3,(H,14,16). The molecule has 0 aromatic carbocycles. The Morgan fingerprint density at radius 1 is 1.37 bits per heavy atom. The maximum absolute atomic E-state index is 10.9. The van der Waals surface area contributed by atoms with Gasteiger partial charge in [-0.2, -0.15) is 0 Å². The number of aryl methyl sites for hydroxylation is 2. The van der Waals surface area contributed by atoms with Crippen LogP contribution in [0.5, 0.6) is 0 Å². The molecule has 0 aliphatic carbocycles. The van der Waals surface area contributed by atoms with Gasteiger partial charge < -0.3 is 5.32 Å². The number of fused-ring (bicyclic) bond motifs is 1. The highest BCUT2D eigenvalue weighted by molar-refractivity contribution is 7.88. The lowest BCUT2D eigenvalue weighted by Gasteiger charge is -2.17. The van der Waals surface area contributed by atoms with E-state index in [0.29, 0.717) is 6.54 Å². The first-order valence-electron chi connectivity index (χ1n) is 6.72. The van der Waals surface area contributed by atoms with E-state index in [1.165, 1.54) is 18.2 Å². The lowest BCUT2D eigenvalue weighted by Crippen LogP contribution is -2.23. The Morgan fingerprint density at radius 2 is 2.21 bits per heavy atom. The predicted molar refractivity (Wildman–Crippen MR) is 76.8 cm³/mol. The van der Waals surface area contributed by atoms with Gasteiger partial charge in [0.15, 0.2) is 0 Å². The van der Waals surface area contributed by atoms with Crippen LogP contribution >= 0.6 is 0 Å². The number of sulfonamides is 1. The molecule has 0 amide bonds. The molecule has 2 N–H and O–H groups in total. The molecule has 19 heavy (non-hydrogen) atoms. The van der Waals surface area contributed by atoms with Crippen molar-refractivity contribution < 1.29 is 8.42 Å². The van der Waals surface area contributed by atoms with Crippen LogP contribution in [0.3, 0.4) is 0 Å². The Kier molecular flexibility index (Phi) is 4.76. The van der Waals surface area contributed by atoms with Gasteiger partial charge in [0.1, 0.15) is 5.82 Å². The molecule has 0 saturated heterocycles. The van der Waals surface area contributed by atoms with E-state index < -0.39 is 10.0 Å². The fourth-order valence-corrected chi connectivity index (χ4v) is 2.71. The van der Waals surface area contributed by atoms with Crippen LogP contribution in [0.15, 0.2) is 12.1 Å². The van der Waals surface area contributed by atoms with Gasteiger partial charge >= 0.3 is 0 Å². The van der Waals surface area contributed by atoms with E-state index in [2.05, 4.69) is 27.2 Å². The zero-order valence-corrected chi connectivity index (χ0v) is 12.1. The average Bonchev–Trinajstić information content (AvgIpc) is 2.37. The molecular formula is C13H21N3O2S. The quantitative estimate of drug-likeness (QED) is 0.772. The Balaban J connectivity index is 1.77. The number of hydrogen-bond acceptors (Lipinski definition) is 4. The molecule has 5 nitrogen and oxygen atoms in total. The molecule has 0 radical (unpaired) electrons. The van der Waals surface area contributed by atoms with E-state index in [1.807, 2.05) is 0 Å². The van der Waals surface area contributed by atoms with Gasteiger partial charge in [-0.1, -0.05) is 6.07 Å². The molecule has 1 aromatic rings. The molecule has 1 aliphatic heterocycles. The molecule has 0 atom stereocenters. The number of nitrogens with one attached hydrogen (secondary N) is 2. The Hall–Kier alpha value is -1.14. The minimum atomic E-state index is -3.06. The number of anilines is 1. The third-order valence-corrected chi connectivity index (χ3v) is 3.90. The highest BCUT2D eigenvalue weighted by atomic mass is 32.2. The first-order chi connectivity index (χ1) is 9.04. The van der Waals surface area contributed by atoms with Crippen LogP contribution in [-0.4, -0.2) is 32.7 Å². The molecule has 6 heteroatoms. The molecule has 106 valence electrons. The number of hydrogen-bond donors (Lipinski definition) is 2. The fraction of sp³-hybridized carbons (Fsp3) is 0.615. The maximum atomic E-state index is 10.9. The van der Waals surface area contributed by atoms with Crippen LogP contribution in [0, 0.1) is 0 Å². The SMILES string of the molecule is CS(=O)(=O)NCCCCc1ccc2c(n1)NCCC2. The van der Waals surface area contributed by atoms with Crippen LogP contribution in [0.2, 0.25) is 0 Å². The van der Waals surface area contributed by atoms with Crippen molar-refractivity contribution in [1.82, 2.24) is 9.71 Å². The number of unbranched alkanes of at least 4 members (excludes halogenated alkanes) is 1. The van der Waals surface area contributed by atoms with Gasteiger partial charge in [-0.25, -0.2) is 18.1 Å². The van der Waals surface area contributed by atoms with Gasteiger partial charge in [-0.05, 0) is 43.7 Å². The summed E-state index contributed by atoms with van der Waals surface area (Å²) >= 11 is 0. The van der Waals surface area contributed by atoms with Crippen LogP contribution in [0.1, 0.15) is 30.5 Å². The summed E-state index contributed by atoms with van der Waals surface area (Å²) in [4.78, 5) is 4.61. The average molecular weight is 283 g/mol. The number of pyridine rings is 1. The third-order valence-electron chi connectivity index (χ3n) is 3.18. The second-order valence-electron chi connectivity index (χ2n) is 4.96. The summed E-state index contributed by atoms with van der Waals surface area (Å²) in [6.07, 6.45) is 6.12. The summed E-state index contributed by atoms with van der Waals surface area (Å²) in [6.45, 7) is 1.50. The van der Waals surface area contributed by atoms with E-state index in [1.54, 1.807) is 0 Å². The van der Waals surface area contributed by atoms with Gasteiger partial charge in [-0.3, -0.25) is 0 Å². The van der Waals surface area contributed by atoms with E-state index in [9.17, 15) is 8.42 Å². The number of nitrogens with zero attached hydrogens (tertiary/aromatic N) is 1. The molecule has 0 unspecified atom stereocenters. The van der Waals surface area contributed by atoms with Gasteiger partial charge in [-0.15, -0.1) is 0 Å². The van der Waals surface area contributed by atoms with Crippen molar-refractivity contribution in [2.75, 3.05) is 24.7 Å². The summed E-state index contributed by atoms with van der Waals surface area (Å²) in [6, 6.07) is 4.23. The minimum Gasteiger partial charge on any atom is -0.370 e. The Morgan fingerprint density at radius 3 is 3.00 bits per heavy atom. The van der Waals surface area contributed by atoms with E-state index in [0.717, 1.165) is 43.7 Å². The monoisotopic (exact) mass is 283 g/mol. The lowest BCUT2D eigenvalue weighted by molar-refractivity contribution is 0.582. The van der Waals surface area contributed by atoms with Gasteiger partial charge in [0.25, 0.3) is 0 Å². The Bertz CT molecular complexity index is 529. The highest BCUT2D eigenvalue weighted by Crippen LogP contribution is 2.20. The molecule has 2 heterocycles. The molecule has 0 bridgehead atoms. The van der Waals surface area contributed by atoms with Crippen molar-refractivity contribution >= 4 is 15.8 Å². The van der Waals surface area contributed by atoms with Gasteiger partial charge in [0.2, 0.25) is 10.0 Å². The summed E-state index contributed by atoms with van der Waals surface area (Å²) < 4.78 is 24.3. The minimum absolute atomic E-state index is 0.502. The fourth-order valence-electron chi connectivity index (χ4n) is 2.20. The third kappa shape index (κ3) is 4.80. The first kappa shape index (κ1) is 14.3. The zero-order chi connectivity index (χ0) is 13.7. The van der Waals surface area contributed by atoms with Crippen molar-refractivity contribution in [3.8, 4) is 0 Å². The molecular weight excluding hydrogens is 262 g/mol. The normalized spacial score (nSPS) is 14.8. The predicted octanol–water partition coefficient (Wildman–Crippen LogP) is 1.31. The molecule has 0 spiro atoms. The number of rotatable bonds is 6. The molecule has 2 rings (SSSR count). The van der Waals surface area contributed by atoms with Crippen molar-refractivity contribution in [2.24, 2.45) is 0 Å². The van der Waals surface area contributed by atoms with Crippen LogP contribution in [-0.2, 0) is 22.9 Å². The molecule has 1 aliphatic rings. The van der Waals surface area contributed by atoms with Crippen molar-refractivity contribution in [3.63, 3.8) is 0 Å². The van der Waals surface area contributed by atoms with Crippen LogP contribution in [0.4, 0.5) is 5.82 Å². The van der Waals surface area contributed by atoms with Crippen molar-refractivity contribution in [3.05, 3.63) is 23.4 Å². The summed E-state index contributed by atoms with van der Waals surface area (Å²) in [5.74, 6) is 1.03. The zero-order valence-electron chi connectivity index (χ0n) is 11.3. The van der Waals surface area contributed by atoms with Crippen LogP contribution in [0.25, 0.3) is 0 Å². The van der Waals surface area contributed by atoms with E-state index in [4.69, 9.17) is 0 Å². The molecule has 0 saturated carbocycles. The van der Waals surface area contributed by atoms with Crippen molar-refractivity contribution in [2.45, 2.75) is 32.1 Å².